The van der Waals surface area contributed by atoms with Crippen molar-refractivity contribution in [2.75, 3.05) is 12.3 Å². The molecule has 16 heavy (non-hydrogen) atoms. The van der Waals surface area contributed by atoms with Crippen molar-refractivity contribution in [3.8, 4) is 11.7 Å². The van der Waals surface area contributed by atoms with Crippen LogP contribution in [-0.4, -0.2) is 21.4 Å². The molecule has 0 amide bonds. The first-order chi connectivity index (χ1) is 7.70. The third-order valence-electron chi connectivity index (χ3n) is 1.96. The van der Waals surface area contributed by atoms with Crippen LogP contribution in [0.5, 0.6) is 6.01 Å². The molecule has 0 radical (unpaired) electrons. The standard InChI is InChI=1S/C10H11ClN4O/c1-2-16-10-13-9(12)15(14-10)8-5-3-7(11)4-6-8/h3-6H,2H2,1H3,(H2,12,13,14). The number of rotatable bonds is 3. The highest BCUT2D eigenvalue weighted by Gasteiger charge is 2.08. The summed E-state index contributed by atoms with van der Waals surface area (Å²) in [4.78, 5) is 3.97. The van der Waals surface area contributed by atoms with Gasteiger partial charge in [0.15, 0.2) is 0 Å². The molecule has 2 N–H and O–H groups in total. The molecule has 0 saturated heterocycles. The fourth-order valence-corrected chi connectivity index (χ4v) is 1.39. The van der Waals surface area contributed by atoms with Crippen molar-refractivity contribution in [1.82, 2.24) is 14.8 Å². The summed E-state index contributed by atoms with van der Waals surface area (Å²) in [5.41, 5.74) is 6.51. The Morgan fingerprint density at radius 3 is 2.69 bits per heavy atom. The van der Waals surface area contributed by atoms with E-state index in [2.05, 4.69) is 10.1 Å². The number of aromatic nitrogens is 3. The van der Waals surface area contributed by atoms with Crippen LogP contribution in [0.4, 0.5) is 5.95 Å². The summed E-state index contributed by atoms with van der Waals surface area (Å²) in [7, 11) is 0. The molecule has 84 valence electrons. The summed E-state index contributed by atoms with van der Waals surface area (Å²) >= 11 is 5.79. The molecule has 0 fully saturated rings. The number of anilines is 1. The molecule has 0 spiro atoms. The highest BCUT2D eigenvalue weighted by atomic mass is 35.5. The SMILES string of the molecule is CCOc1nc(N)n(-c2ccc(Cl)cc2)n1. The Labute approximate surface area is 97.8 Å². The number of hydrogen-bond acceptors (Lipinski definition) is 4. The summed E-state index contributed by atoms with van der Waals surface area (Å²) in [6.45, 7) is 2.36. The minimum Gasteiger partial charge on any atom is -0.463 e. The number of hydrogen-bond donors (Lipinski definition) is 1. The second kappa shape index (κ2) is 4.40. The van der Waals surface area contributed by atoms with Crippen molar-refractivity contribution in [2.45, 2.75) is 6.92 Å². The zero-order valence-corrected chi connectivity index (χ0v) is 9.48. The maximum Gasteiger partial charge on any atom is 0.337 e. The van der Waals surface area contributed by atoms with Crippen molar-refractivity contribution in [3.63, 3.8) is 0 Å². The van der Waals surface area contributed by atoms with Crippen LogP contribution in [0.15, 0.2) is 24.3 Å². The molecule has 6 heteroatoms. The van der Waals surface area contributed by atoms with Crippen molar-refractivity contribution in [1.29, 1.82) is 0 Å². The van der Waals surface area contributed by atoms with Crippen LogP contribution in [0.1, 0.15) is 6.92 Å². The first kappa shape index (κ1) is 10.8. The molecule has 2 rings (SSSR count). The van der Waals surface area contributed by atoms with Gasteiger partial charge >= 0.3 is 6.01 Å². The molecule has 0 aliphatic carbocycles. The largest absolute Gasteiger partial charge is 0.463 e. The Morgan fingerprint density at radius 2 is 2.06 bits per heavy atom. The maximum atomic E-state index is 5.79. The number of nitrogen functional groups attached to an aromatic ring is 1. The molecule has 1 heterocycles. The van der Waals surface area contributed by atoms with Gasteiger partial charge in [-0.15, -0.1) is 5.10 Å². The van der Waals surface area contributed by atoms with Gasteiger partial charge in [0.05, 0.1) is 12.3 Å². The zero-order valence-electron chi connectivity index (χ0n) is 8.72. The maximum absolute atomic E-state index is 5.79. The van der Waals surface area contributed by atoms with E-state index in [4.69, 9.17) is 22.1 Å². The third kappa shape index (κ3) is 2.09. The molecule has 1 aromatic heterocycles. The van der Waals surface area contributed by atoms with E-state index in [1.165, 1.54) is 4.68 Å². The first-order valence-electron chi connectivity index (χ1n) is 4.82. The molecule has 0 unspecified atom stereocenters. The van der Waals surface area contributed by atoms with Crippen LogP contribution in [-0.2, 0) is 0 Å². The molecule has 0 aliphatic rings. The molecular formula is C10H11ClN4O. The van der Waals surface area contributed by atoms with Crippen LogP contribution >= 0.6 is 11.6 Å². The van der Waals surface area contributed by atoms with Gasteiger partial charge in [-0.25, -0.2) is 0 Å². The molecule has 0 bridgehead atoms. The Kier molecular flexibility index (Phi) is 2.96. The van der Waals surface area contributed by atoms with Crippen molar-refractivity contribution < 1.29 is 4.74 Å². The normalized spacial score (nSPS) is 10.4. The van der Waals surface area contributed by atoms with E-state index in [-0.39, 0.29) is 12.0 Å². The minimum atomic E-state index is 0.273. The van der Waals surface area contributed by atoms with E-state index < -0.39 is 0 Å². The van der Waals surface area contributed by atoms with Crippen LogP contribution < -0.4 is 10.5 Å². The number of ether oxygens (including phenoxy) is 1. The van der Waals surface area contributed by atoms with Gasteiger partial charge in [0.2, 0.25) is 5.95 Å². The number of halogens is 1. The molecule has 5 nitrogen and oxygen atoms in total. The quantitative estimate of drug-likeness (QED) is 0.887. The molecule has 0 aliphatic heterocycles. The predicted molar refractivity (Wildman–Crippen MR) is 62.0 cm³/mol. The van der Waals surface area contributed by atoms with Gasteiger partial charge in [0.1, 0.15) is 0 Å². The molecule has 2 aromatic rings. The molecular weight excluding hydrogens is 228 g/mol. The Bertz CT molecular complexity index is 480. The second-order valence-electron chi connectivity index (χ2n) is 3.07. The lowest BCUT2D eigenvalue weighted by Gasteiger charge is -2.01. The zero-order chi connectivity index (χ0) is 11.5. The van der Waals surface area contributed by atoms with Gasteiger partial charge in [-0.3, -0.25) is 0 Å². The molecule has 1 aromatic carbocycles. The first-order valence-corrected chi connectivity index (χ1v) is 5.19. The van der Waals surface area contributed by atoms with Gasteiger partial charge in [-0.2, -0.15) is 9.67 Å². The van der Waals surface area contributed by atoms with E-state index in [0.717, 1.165) is 5.69 Å². The van der Waals surface area contributed by atoms with E-state index in [9.17, 15) is 0 Å². The van der Waals surface area contributed by atoms with Gasteiger partial charge in [0, 0.05) is 5.02 Å². The van der Waals surface area contributed by atoms with Gasteiger partial charge in [-0.05, 0) is 31.2 Å². The van der Waals surface area contributed by atoms with Crippen molar-refractivity contribution >= 4 is 17.5 Å². The van der Waals surface area contributed by atoms with E-state index in [1.807, 2.05) is 19.1 Å². The van der Waals surface area contributed by atoms with Crippen molar-refractivity contribution in [2.24, 2.45) is 0 Å². The summed E-state index contributed by atoms with van der Waals surface area (Å²) in [6.07, 6.45) is 0. The van der Waals surface area contributed by atoms with E-state index in [0.29, 0.717) is 11.6 Å². The Hall–Kier alpha value is -1.75. The van der Waals surface area contributed by atoms with Crippen LogP contribution in [0, 0.1) is 0 Å². The highest BCUT2D eigenvalue weighted by Crippen LogP contribution is 2.17. The summed E-state index contributed by atoms with van der Waals surface area (Å²) in [5, 5.41) is 4.77. The number of nitrogens with zero attached hydrogens (tertiary/aromatic N) is 3. The molecule has 0 atom stereocenters. The van der Waals surface area contributed by atoms with Gasteiger partial charge in [-0.1, -0.05) is 11.6 Å². The summed E-state index contributed by atoms with van der Waals surface area (Å²) in [6, 6.07) is 7.41. The van der Waals surface area contributed by atoms with Crippen LogP contribution in [0.2, 0.25) is 5.02 Å². The fourth-order valence-electron chi connectivity index (χ4n) is 1.27. The smallest absolute Gasteiger partial charge is 0.337 e. The average molecular weight is 239 g/mol. The van der Waals surface area contributed by atoms with Crippen molar-refractivity contribution in [3.05, 3.63) is 29.3 Å². The van der Waals surface area contributed by atoms with Crippen LogP contribution in [0.25, 0.3) is 5.69 Å². The summed E-state index contributed by atoms with van der Waals surface area (Å²) < 4.78 is 6.66. The van der Waals surface area contributed by atoms with Gasteiger partial charge in [0.25, 0.3) is 0 Å². The Balaban J connectivity index is 2.36. The Morgan fingerprint density at radius 1 is 1.38 bits per heavy atom. The van der Waals surface area contributed by atoms with E-state index >= 15 is 0 Å². The number of benzene rings is 1. The predicted octanol–water partition coefficient (Wildman–Crippen LogP) is 1.90. The third-order valence-corrected chi connectivity index (χ3v) is 2.21. The fraction of sp³-hybridized carbons (Fsp3) is 0.200. The van der Waals surface area contributed by atoms with E-state index in [1.54, 1.807) is 12.1 Å². The van der Waals surface area contributed by atoms with Gasteiger partial charge < -0.3 is 10.5 Å². The lowest BCUT2D eigenvalue weighted by atomic mass is 10.3. The number of nitrogens with two attached hydrogens (primary N) is 1. The lowest BCUT2D eigenvalue weighted by Crippen LogP contribution is -2.02. The topological polar surface area (TPSA) is 66.0 Å². The lowest BCUT2D eigenvalue weighted by molar-refractivity contribution is 0.312. The minimum absolute atomic E-state index is 0.273. The van der Waals surface area contributed by atoms with Crippen LogP contribution in [0.3, 0.4) is 0 Å². The average Bonchev–Trinajstić information content (AvgIpc) is 2.61. The second-order valence-corrected chi connectivity index (χ2v) is 3.51. The molecule has 0 saturated carbocycles. The highest BCUT2D eigenvalue weighted by molar-refractivity contribution is 6.30. The monoisotopic (exact) mass is 238 g/mol. The summed E-state index contributed by atoms with van der Waals surface area (Å²) in [5.74, 6) is 0.283.